The van der Waals surface area contributed by atoms with Crippen molar-refractivity contribution in [1.82, 2.24) is 30.0 Å². The fraction of sp³-hybridized carbons (Fsp3) is 0.588. The fourth-order valence-corrected chi connectivity index (χ4v) is 3.01. The summed E-state index contributed by atoms with van der Waals surface area (Å²) in [6.45, 7) is 5.24. The number of ether oxygens (including phenoxy) is 1. The molecule has 9 heteroatoms. The van der Waals surface area contributed by atoms with Gasteiger partial charge in [-0.2, -0.15) is 0 Å². The molecule has 26 heavy (non-hydrogen) atoms. The number of aryl methyl sites for hydroxylation is 1. The van der Waals surface area contributed by atoms with Gasteiger partial charge in [0.2, 0.25) is 5.95 Å². The lowest BCUT2D eigenvalue weighted by Crippen LogP contribution is -2.29. The predicted molar refractivity (Wildman–Crippen MR) is 95.9 cm³/mol. The first-order valence-electron chi connectivity index (χ1n) is 8.93. The van der Waals surface area contributed by atoms with E-state index in [4.69, 9.17) is 4.74 Å². The van der Waals surface area contributed by atoms with E-state index in [1.807, 2.05) is 11.5 Å². The molecule has 1 fully saturated rings. The molecule has 1 amide bonds. The molecular formula is C17H25N7O2. The number of carbonyl (C=O) groups is 1. The van der Waals surface area contributed by atoms with E-state index < -0.39 is 0 Å². The van der Waals surface area contributed by atoms with Crippen LogP contribution in [0.3, 0.4) is 0 Å². The van der Waals surface area contributed by atoms with Gasteiger partial charge in [-0.3, -0.25) is 4.79 Å². The summed E-state index contributed by atoms with van der Waals surface area (Å²) in [7, 11) is 1.67. The van der Waals surface area contributed by atoms with Gasteiger partial charge in [-0.1, -0.05) is 0 Å². The second-order valence-corrected chi connectivity index (χ2v) is 6.39. The molecule has 2 aromatic heterocycles. The highest BCUT2D eigenvalue weighted by atomic mass is 16.5. The van der Waals surface area contributed by atoms with Crippen molar-refractivity contribution in [1.29, 1.82) is 0 Å². The molecule has 0 aliphatic carbocycles. The summed E-state index contributed by atoms with van der Waals surface area (Å²) in [5, 5.41) is 11.0. The van der Waals surface area contributed by atoms with E-state index >= 15 is 0 Å². The monoisotopic (exact) mass is 359 g/mol. The molecule has 1 saturated heterocycles. The number of aromatic nitrogens is 5. The molecular weight excluding hydrogens is 334 g/mol. The van der Waals surface area contributed by atoms with Crippen molar-refractivity contribution >= 4 is 11.9 Å². The molecule has 0 aromatic carbocycles. The van der Waals surface area contributed by atoms with E-state index in [0.29, 0.717) is 23.9 Å². The second kappa shape index (κ2) is 8.70. The maximum atomic E-state index is 12.5. The first kappa shape index (κ1) is 18.2. The predicted octanol–water partition coefficient (Wildman–Crippen LogP) is 1.20. The lowest BCUT2D eigenvalue weighted by atomic mass is 10.2. The molecule has 1 aliphatic heterocycles. The fourth-order valence-electron chi connectivity index (χ4n) is 3.01. The number of hydrogen-bond donors (Lipinski definition) is 1. The zero-order valence-electron chi connectivity index (χ0n) is 15.3. The Labute approximate surface area is 152 Å². The van der Waals surface area contributed by atoms with Gasteiger partial charge in [-0.05, 0) is 26.2 Å². The van der Waals surface area contributed by atoms with Crippen LogP contribution in [0.2, 0.25) is 0 Å². The first-order chi connectivity index (χ1) is 12.7. The Bertz CT molecular complexity index is 710. The number of anilines is 1. The largest absolute Gasteiger partial charge is 0.385 e. The third-order valence-electron chi connectivity index (χ3n) is 4.42. The van der Waals surface area contributed by atoms with E-state index in [1.165, 1.54) is 0 Å². The Kier molecular flexibility index (Phi) is 6.11. The van der Waals surface area contributed by atoms with Gasteiger partial charge in [-0.15, -0.1) is 10.2 Å². The van der Waals surface area contributed by atoms with Crippen LogP contribution in [0.1, 0.15) is 48.4 Å². The van der Waals surface area contributed by atoms with Gasteiger partial charge >= 0.3 is 0 Å². The van der Waals surface area contributed by atoms with Crippen LogP contribution in [0.15, 0.2) is 18.7 Å². The van der Waals surface area contributed by atoms with Crippen LogP contribution < -0.4 is 10.2 Å². The summed E-state index contributed by atoms with van der Waals surface area (Å²) in [5.41, 5.74) is 0.435. The van der Waals surface area contributed by atoms with Crippen LogP contribution in [-0.2, 0) is 11.3 Å². The van der Waals surface area contributed by atoms with E-state index in [1.54, 1.807) is 25.8 Å². The van der Waals surface area contributed by atoms with Crippen LogP contribution in [0.4, 0.5) is 5.95 Å². The van der Waals surface area contributed by atoms with Crippen molar-refractivity contribution in [2.24, 2.45) is 0 Å². The highest BCUT2D eigenvalue weighted by Gasteiger charge is 2.19. The molecule has 0 saturated carbocycles. The molecule has 0 bridgehead atoms. The van der Waals surface area contributed by atoms with Crippen molar-refractivity contribution in [3.8, 4) is 0 Å². The van der Waals surface area contributed by atoms with E-state index in [2.05, 4.69) is 30.4 Å². The summed E-state index contributed by atoms with van der Waals surface area (Å²) in [6, 6.07) is -0.272. The van der Waals surface area contributed by atoms with Gasteiger partial charge in [0.1, 0.15) is 6.33 Å². The minimum Gasteiger partial charge on any atom is -0.385 e. The summed E-state index contributed by atoms with van der Waals surface area (Å²) in [6.07, 6.45) is 8.00. The number of carbonyl (C=O) groups excluding carboxylic acids is 1. The summed E-state index contributed by atoms with van der Waals surface area (Å²) < 4.78 is 7.00. The standard InChI is InChI=1S/C17H25N7O2/c1-13(15-22-20-12-24(15)8-5-9-26-2)21-16(25)14-10-18-17(19-11-14)23-6-3-4-7-23/h10-13H,3-9H2,1-2H3,(H,21,25). The highest BCUT2D eigenvalue weighted by molar-refractivity contribution is 5.93. The Balaban J connectivity index is 1.59. The molecule has 2 aromatic rings. The number of methoxy groups -OCH3 is 1. The van der Waals surface area contributed by atoms with Gasteiger partial charge in [-0.25, -0.2) is 9.97 Å². The summed E-state index contributed by atoms with van der Waals surface area (Å²) >= 11 is 0. The van der Waals surface area contributed by atoms with Gasteiger partial charge in [0.25, 0.3) is 5.91 Å². The van der Waals surface area contributed by atoms with E-state index in [-0.39, 0.29) is 11.9 Å². The molecule has 0 radical (unpaired) electrons. The number of amides is 1. The molecule has 140 valence electrons. The van der Waals surface area contributed by atoms with Crippen LogP contribution in [0.5, 0.6) is 0 Å². The average molecular weight is 359 g/mol. The lowest BCUT2D eigenvalue weighted by Gasteiger charge is -2.16. The first-order valence-corrected chi connectivity index (χ1v) is 8.93. The third kappa shape index (κ3) is 4.34. The van der Waals surface area contributed by atoms with E-state index in [9.17, 15) is 4.79 Å². The maximum Gasteiger partial charge on any atom is 0.255 e. The van der Waals surface area contributed by atoms with Gasteiger partial charge < -0.3 is 19.5 Å². The van der Waals surface area contributed by atoms with Crippen molar-refractivity contribution in [3.63, 3.8) is 0 Å². The molecule has 1 N–H and O–H groups in total. The SMILES string of the molecule is COCCCn1cnnc1C(C)NC(=O)c1cnc(N2CCCC2)nc1. The summed E-state index contributed by atoms with van der Waals surface area (Å²) in [5.74, 6) is 1.17. The minimum absolute atomic E-state index is 0.225. The van der Waals surface area contributed by atoms with E-state index in [0.717, 1.165) is 38.9 Å². The topological polar surface area (TPSA) is 98.1 Å². The third-order valence-corrected chi connectivity index (χ3v) is 4.42. The van der Waals surface area contributed by atoms with Crippen molar-refractivity contribution in [2.45, 2.75) is 38.8 Å². The second-order valence-electron chi connectivity index (χ2n) is 6.39. The molecule has 0 spiro atoms. The molecule has 3 heterocycles. The summed E-state index contributed by atoms with van der Waals surface area (Å²) in [4.78, 5) is 23.3. The van der Waals surface area contributed by atoms with Crippen LogP contribution >= 0.6 is 0 Å². The molecule has 1 unspecified atom stereocenters. The number of nitrogens with zero attached hydrogens (tertiary/aromatic N) is 6. The Morgan fingerprint density at radius 1 is 1.31 bits per heavy atom. The van der Waals surface area contributed by atoms with Gasteiger partial charge in [0.05, 0.1) is 11.6 Å². The molecule has 3 rings (SSSR count). The number of rotatable bonds is 8. The van der Waals surface area contributed by atoms with Gasteiger partial charge in [0, 0.05) is 45.7 Å². The van der Waals surface area contributed by atoms with Crippen molar-refractivity contribution in [2.75, 3.05) is 31.7 Å². The Hall–Kier alpha value is -2.55. The van der Waals surface area contributed by atoms with Gasteiger partial charge in [0.15, 0.2) is 5.82 Å². The van der Waals surface area contributed by atoms with Crippen LogP contribution in [0.25, 0.3) is 0 Å². The van der Waals surface area contributed by atoms with Crippen molar-refractivity contribution < 1.29 is 9.53 Å². The molecule has 9 nitrogen and oxygen atoms in total. The normalized spacial score (nSPS) is 15.2. The molecule has 1 atom stereocenters. The van der Waals surface area contributed by atoms with Crippen LogP contribution in [0, 0.1) is 0 Å². The maximum absolute atomic E-state index is 12.5. The number of hydrogen-bond acceptors (Lipinski definition) is 7. The zero-order chi connectivity index (χ0) is 18.4. The Morgan fingerprint density at radius 3 is 2.73 bits per heavy atom. The Morgan fingerprint density at radius 2 is 2.04 bits per heavy atom. The number of nitrogens with one attached hydrogen (secondary N) is 1. The zero-order valence-corrected chi connectivity index (χ0v) is 15.3. The minimum atomic E-state index is -0.272. The quantitative estimate of drug-likeness (QED) is 0.707. The molecule has 1 aliphatic rings. The highest BCUT2D eigenvalue weighted by Crippen LogP contribution is 2.15. The van der Waals surface area contributed by atoms with Crippen molar-refractivity contribution in [3.05, 3.63) is 30.1 Å². The van der Waals surface area contributed by atoms with Crippen LogP contribution in [-0.4, -0.2) is 57.4 Å². The smallest absolute Gasteiger partial charge is 0.255 e. The lowest BCUT2D eigenvalue weighted by molar-refractivity contribution is 0.0936. The average Bonchev–Trinajstić information content (AvgIpc) is 3.34.